The second-order valence-electron chi connectivity index (χ2n) is 3.99. The summed E-state index contributed by atoms with van der Waals surface area (Å²) in [5, 5.41) is 0. The lowest BCUT2D eigenvalue weighted by Crippen LogP contribution is -1.95. The molecule has 0 amide bonds. The molecule has 2 N–H and O–H groups in total. The van der Waals surface area contributed by atoms with Crippen molar-refractivity contribution < 1.29 is 4.79 Å². The van der Waals surface area contributed by atoms with E-state index in [1.807, 2.05) is 30.3 Å². The number of imidazole rings is 1. The van der Waals surface area contributed by atoms with Crippen LogP contribution in [0.4, 0.5) is 5.82 Å². The Morgan fingerprint density at radius 1 is 1.11 bits per heavy atom. The van der Waals surface area contributed by atoms with Crippen LogP contribution >= 0.6 is 0 Å². The summed E-state index contributed by atoms with van der Waals surface area (Å²) in [4.78, 5) is 15.4. The van der Waals surface area contributed by atoms with Crippen LogP contribution in [-0.4, -0.2) is 15.7 Å². The monoisotopic (exact) mass is 237 g/mol. The Bertz CT molecular complexity index is 716. The standard InChI is InChI=1S/C14H11N3O/c15-13-12(10-5-2-1-3-6-10)16-14-11(9-18)7-4-8-17(13)14/h1-9H,15H2. The largest absolute Gasteiger partial charge is 0.383 e. The van der Waals surface area contributed by atoms with Crippen molar-refractivity contribution in [2.45, 2.75) is 0 Å². The van der Waals surface area contributed by atoms with Crippen LogP contribution in [0.25, 0.3) is 16.9 Å². The molecule has 0 saturated carbocycles. The molecule has 3 rings (SSSR count). The van der Waals surface area contributed by atoms with E-state index >= 15 is 0 Å². The summed E-state index contributed by atoms with van der Waals surface area (Å²) in [5.74, 6) is 0.542. The lowest BCUT2D eigenvalue weighted by molar-refractivity contribution is 0.112. The molecule has 4 heteroatoms. The van der Waals surface area contributed by atoms with Gasteiger partial charge in [0, 0.05) is 11.8 Å². The third-order valence-electron chi connectivity index (χ3n) is 2.89. The van der Waals surface area contributed by atoms with Crippen molar-refractivity contribution in [1.29, 1.82) is 0 Å². The number of nitrogens with two attached hydrogens (primary N) is 1. The fourth-order valence-corrected chi connectivity index (χ4v) is 2.01. The summed E-state index contributed by atoms with van der Waals surface area (Å²) >= 11 is 0. The number of pyridine rings is 1. The number of fused-ring (bicyclic) bond motifs is 1. The summed E-state index contributed by atoms with van der Waals surface area (Å²) in [6.07, 6.45) is 2.59. The van der Waals surface area contributed by atoms with E-state index in [0.717, 1.165) is 11.8 Å². The molecule has 0 bridgehead atoms. The second kappa shape index (κ2) is 4.00. The van der Waals surface area contributed by atoms with Gasteiger partial charge in [-0.05, 0) is 12.1 Å². The minimum Gasteiger partial charge on any atom is -0.383 e. The van der Waals surface area contributed by atoms with Gasteiger partial charge < -0.3 is 5.73 Å². The highest BCUT2D eigenvalue weighted by Crippen LogP contribution is 2.26. The zero-order valence-corrected chi connectivity index (χ0v) is 9.58. The maximum atomic E-state index is 11.0. The molecule has 1 aromatic carbocycles. The Kier molecular flexibility index (Phi) is 2.34. The number of aldehydes is 1. The van der Waals surface area contributed by atoms with E-state index in [9.17, 15) is 4.79 Å². The minimum absolute atomic E-state index is 0.534. The van der Waals surface area contributed by atoms with Gasteiger partial charge in [0.2, 0.25) is 0 Å². The van der Waals surface area contributed by atoms with Gasteiger partial charge in [0.1, 0.15) is 17.2 Å². The molecule has 0 fully saturated rings. The molecule has 0 radical (unpaired) electrons. The van der Waals surface area contributed by atoms with Crippen LogP contribution in [0.15, 0.2) is 48.7 Å². The molecule has 0 aliphatic rings. The number of anilines is 1. The van der Waals surface area contributed by atoms with Crippen LogP contribution in [0.3, 0.4) is 0 Å². The van der Waals surface area contributed by atoms with Crippen molar-refractivity contribution in [2.24, 2.45) is 0 Å². The maximum absolute atomic E-state index is 11.0. The first kappa shape index (κ1) is 10.5. The number of aromatic nitrogens is 2. The molecule has 3 aromatic rings. The number of rotatable bonds is 2. The SMILES string of the molecule is Nc1c(-c2ccccc2)nc2c(C=O)cccn12. The van der Waals surface area contributed by atoms with Gasteiger partial charge >= 0.3 is 0 Å². The second-order valence-corrected chi connectivity index (χ2v) is 3.99. The summed E-state index contributed by atoms with van der Waals surface area (Å²) < 4.78 is 1.73. The normalized spacial score (nSPS) is 10.7. The summed E-state index contributed by atoms with van der Waals surface area (Å²) in [5.41, 5.74) is 8.84. The molecule has 88 valence electrons. The van der Waals surface area contributed by atoms with Gasteiger partial charge in [-0.1, -0.05) is 30.3 Å². The van der Waals surface area contributed by atoms with E-state index < -0.39 is 0 Å². The Balaban J connectivity index is 2.33. The first-order valence-electron chi connectivity index (χ1n) is 5.58. The number of carbonyl (C=O) groups excluding carboxylic acids is 1. The summed E-state index contributed by atoms with van der Waals surface area (Å²) in [6, 6.07) is 13.2. The van der Waals surface area contributed by atoms with Crippen LogP contribution in [0, 0.1) is 0 Å². The number of nitrogens with zero attached hydrogens (tertiary/aromatic N) is 2. The Morgan fingerprint density at radius 2 is 1.89 bits per heavy atom. The predicted octanol–water partition coefficient (Wildman–Crippen LogP) is 2.40. The fourth-order valence-electron chi connectivity index (χ4n) is 2.01. The Labute approximate surface area is 104 Å². The quantitative estimate of drug-likeness (QED) is 0.696. The maximum Gasteiger partial charge on any atom is 0.153 e. The first-order chi connectivity index (χ1) is 8.81. The van der Waals surface area contributed by atoms with E-state index in [1.54, 1.807) is 22.7 Å². The Hall–Kier alpha value is -2.62. The third-order valence-corrected chi connectivity index (χ3v) is 2.89. The van der Waals surface area contributed by atoms with Gasteiger partial charge in [-0.25, -0.2) is 4.98 Å². The van der Waals surface area contributed by atoms with E-state index in [4.69, 9.17) is 5.73 Å². The highest BCUT2D eigenvalue weighted by atomic mass is 16.1. The zero-order chi connectivity index (χ0) is 12.5. The lowest BCUT2D eigenvalue weighted by atomic mass is 10.1. The highest BCUT2D eigenvalue weighted by Gasteiger charge is 2.12. The molecule has 0 aliphatic heterocycles. The number of benzene rings is 1. The van der Waals surface area contributed by atoms with Gasteiger partial charge in [0.05, 0.1) is 5.56 Å². The molecule has 0 aliphatic carbocycles. The molecule has 0 spiro atoms. The molecular weight excluding hydrogens is 226 g/mol. The smallest absolute Gasteiger partial charge is 0.153 e. The highest BCUT2D eigenvalue weighted by molar-refractivity contribution is 5.87. The molecular formula is C14H11N3O. The number of hydrogen-bond acceptors (Lipinski definition) is 3. The van der Waals surface area contributed by atoms with Gasteiger partial charge in [-0.15, -0.1) is 0 Å². The molecule has 18 heavy (non-hydrogen) atoms. The van der Waals surface area contributed by atoms with Gasteiger partial charge in [-0.3, -0.25) is 9.20 Å². The van der Waals surface area contributed by atoms with Gasteiger partial charge in [-0.2, -0.15) is 0 Å². The van der Waals surface area contributed by atoms with Crippen molar-refractivity contribution in [3.8, 4) is 11.3 Å². The summed E-state index contributed by atoms with van der Waals surface area (Å²) in [6.45, 7) is 0. The van der Waals surface area contributed by atoms with Crippen LogP contribution in [0.1, 0.15) is 10.4 Å². The van der Waals surface area contributed by atoms with E-state index in [0.29, 0.717) is 22.7 Å². The van der Waals surface area contributed by atoms with E-state index in [2.05, 4.69) is 4.98 Å². The molecule has 0 unspecified atom stereocenters. The number of hydrogen-bond donors (Lipinski definition) is 1. The number of carbonyl (C=O) groups is 1. The fraction of sp³-hybridized carbons (Fsp3) is 0. The van der Waals surface area contributed by atoms with Crippen LogP contribution in [0.5, 0.6) is 0 Å². The summed E-state index contributed by atoms with van der Waals surface area (Å²) in [7, 11) is 0. The molecule has 0 saturated heterocycles. The van der Waals surface area contributed by atoms with Crippen LogP contribution < -0.4 is 5.73 Å². The predicted molar refractivity (Wildman–Crippen MR) is 70.4 cm³/mol. The average molecular weight is 237 g/mol. The average Bonchev–Trinajstić information content (AvgIpc) is 2.77. The molecule has 4 nitrogen and oxygen atoms in total. The molecule has 2 aromatic heterocycles. The van der Waals surface area contributed by atoms with Crippen LogP contribution in [-0.2, 0) is 0 Å². The van der Waals surface area contributed by atoms with Gasteiger partial charge in [0.25, 0.3) is 0 Å². The minimum atomic E-state index is 0.534. The molecule has 2 heterocycles. The van der Waals surface area contributed by atoms with Crippen molar-refractivity contribution in [3.63, 3.8) is 0 Å². The zero-order valence-electron chi connectivity index (χ0n) is 9.58. The number of nitrogen functional groups attached to an aromatic ring is 1. The van der Waals surface area contributed by atoms with Crippen LogP contribution in [0.2, 0.25) is 0 Å². The van der Waals surface area contributed by atoms with Crippen molar-refractivity contribution >= 4 is 17.8 Å². The van der Waals surface area contributed by atoms with Crippen molar-refractivity contribution in [1.82, 2.24) is 9.38 Å². The third kappa shape index (κ3) is 1.47. The first-order valence-corrected chi connectivity index (χ1v) is 5.58. The topological polar surface area (TPSA) is 60.4 Å². The van der Waals surface area contributed by atoms with Crippen molar-refractivity contribution in [2.75, 3.05) is 5.73 Å². The van der Waals surface area contributed by atoms with E-state index in [-0.39, 0.29) is 0 Å². The molecule has 0 atom stereocenters. The Morgan fingerprint density at radius 3 is 2.61 bits per heavy atom. The van der Waals surface area contributed by atoms with Gasteiger partial charge in [0.15, 0.2) is 6.29 Å². The lowest BCUT2D eigenvalue weighted by Gasteiger charge is -1.98. The van der Waals surface area contributed by atoms with Crippen molar-refractivity contribution in [3.05, 3.63) is 54.2 Å². The van der Waals surface area contributed by atoms with E-state index in [1.165, 1.54) is 0 Å².